The van der Waals surface area contributed by atoms with Crippen LogP contribution in [0.3, 0.4) is 0 Å². The van der Waals surface area contributed by atoms with Crippen molar-refractivity contribution in [1.29, 1.82) is 0 Å². The number of aromatic nitrogens is 4. The molecule has 0 amide bonds. The summed E-state index contributed by atoms with van der Waals surface area (Å²) in [4.78, 5) is 27.8. The van der Waals surface area contributed by atoms with Crippen LogP contribution in [0, 0.1) is 5.92 Å². The summed E-state index contributed by atoms with van der Waals surface area (Å²) in [7, 11) is 1.66. The smallest absolute Gasteiger partial charge is 0.218 e. The summed E-state index contributed by atoms with van der Waals surface area (Å²) in [5.41, 5.74) is 1.80. The predicted octanol–water partition coefficient (Wildman–Crippen LogP) is 4.33. The summed E-state index contributed by atoms with van der Waals surface area (Å²) in [5.74, 6) is 5.96. The molecule has 0 aliphatic heterocycles. The van der Waals surface area contributed by atoms with Crippen LogP contribution in [0.25, 0.3) is 0 Å². The molecule has 1 unspecified atom stereocenters. The van der Waals surface area contributed by atoms with E-state index in [1.807, 2.05) is 18.2 Å². The van der Waals surface area contributed by atoms with Crippen molar-refractivity contribution in [2.24, 2.45) is 11.8 Å². The average Bonchev–Trinajstić information content (AvgIpc) is 3.34. The molecule has 0 aliphatic carbocycles. The zero-order valence-corrected chi connectivity index (χ0v) is 22.0. The first kappa shape index (κ1) is 27.8. The van der Waals surface area contributed by atoms with Gasteiger partial charge in [0, 0.05) is 30.9 Å². The predicted molar refractivity (Wildman–Crippen MR) is 143 cm³/mol. The van der Waals surface area contributed by atoms with E-state index in [1.165, 1.54) is 16.9 Å². The molecule has 36 heavy (non-hydrogen) atoms. The second kappa shape index (κ2) is 14.7. The highest BCUT2D eigenvalue weighted by molar-refractivity contribution is 8.02. The highest BCUT2D eigenvalue weighted by Crippen LogP contribution is 2.21. The minimum Gasteiger partial charge on any atom is -0.369 e. The van der Waals surface area contributed by atoms with E-state index < -0.39 is 0 Å². The normalized spacial score (nSPS) is 12.0. The number of carbonyl (C=O) groups is 1. The van der Waals surface area contributed by atoms with E-state index in [2.05, 4.69) is 40.0 Å². The van der Waals surface area contributed by atoms with Crippen LogP contribution in [0.15, 0.2) is 65.9 Å². The highest BCUT2D eigenvalue weighted by Gasteiger charge is 2.18. The molecule has 2 heterocycles. The summed E-state index contributed by atoms with van der Waals surface area (Å²) < 4.78 is 8.02. The Morgan fingerprint density at radius 2 is 2.25 bits per heavy atom. The molecule has 0 spiro atoms. The highest BCUT2D eigenvalue weighted by atomic mass is 32.2. The molecule has 10 nitrogen and oxygen atoms in total. The van der Waals surface area contributed by atoms with Crippen molar-refractivity contribution < 1.29 is 14.0 Å². The van der Waals surface area contributed by atoms with Gasteiger partial charge < -0.3 is 5.32 Å². The lowest BCUT2D eigenvalue weighted by atomic mass is 10.0. The van der Waals surface area contributed by atoms with Crippen molar-refractivity contribution >= 4 is 35.6 Å². The molecule has 0 saturated heterocycles. The fourth-order valence-corrected chi connectivity index (χ4v) is 4.10. The van der Waals surface area contributed by atoms with Gasteiger partial charge in [-0.3, -0.25) is 15.3 Å². The van der Waals surface area contributed by atoms with Gasteiger partial charge in [0.2, 0.25) is 5.78 Å². The Kier molecular flexibility index (Phi) is 11.4. The van der Waals surface area contributed by atoms with Crippen molar-refractivity contribution in [2.45, 2.75) is 31.2 Å². The Morgan fingerprint density at radius 1 is 1.39 bits per heavy atom. The van der Waals surface area contributed by atoms with Crippen molar-refractivity contribution in [3.63, 3.8) is 0 Å². The van der Waals surface area contributed by atoms with Crippen molar-refractivity contribution in [1.82, 2.24) is 24.2 Å². The van der Waals surface area contributed by atoms with Gasteiger partial charge in [-0.1, -0.05) is 43.8 Å². The van der Waals surface area contributed by atoms with E-state index in [9.17, 15) is 4.79 Å². The minimum atomic E-state index is -0.237. The lowest BCUT2D eigenvalue weighted by Crippen LogP contribution is -2.19. The third-order valence-electron chi connectivity index (χ3n) is 5.21. The Bertz CT molecular complexity index is 1130. The summed E-state index contributed by atoms with van der Waals surface area (Å²) in [6.07, 6.45) is 6.45. The molecule has 12 heteroatoms. The molecule has 3 aromatic rings. The first-order valence-electron chi connectivity index (χ1n) is 11.4. The number of nitrogens with one attached hydrogen (secondary N) is 1. The first-order chi connectivity index (χ1) is 17.5. The van der Waals surface area contributed by atoms with Crippen LogP contribution in [0.5, 0.6) is 0 Å². The first-order valence-corrected chi connectivity index (χ1v) is 13.0. The van der Waals surface area contributed by atoms with Crippen molar-refractivity contribution in [3.05, 3.63) is 77.9 Å². The summed E-state index contributed by atoms with van der Waals surface area (Å²) >= 11 is 2.48. The van der Waals surface area contributed by atoms with Crippen LogP contribution in [0.2, 0.25) is 0 Å². The topological polar surface area (TPSA) is 120 Å². The SMILES string of the molecule is C=CSc1cccc(Cn2ccc(C(=O)c3cncnc3NCCC(CC)COOSN(C)N)n2)c1. The van der Waals surface area contributed by atoms with E-state index in [0.717, 1.165) is 35.5 Å². The number of hydrazine groups is 1. The van der Waals surface area contributed by atoms with Crippen LogP contribution >= 0.6 is 24.0 Å². The second-order valence-corrected chi connectivity index (χ2v) is 9.81. The average molecular weight is 530 g/mol. The molecule has 0 aliphatic rings. The van der Waals surface area contributed by atoms with E-state index in [4.69, 9.17) is 15.1 Å². The van der Waals surface area contributed by atoms with Gasteiger partial charge in [-0.05, 0) is 41.5 Å². The Hall–Kier alpha value is -2.74. The Balaban J connectivity index is 1.58. The van der Waals surface area contributed by atoms with Gasteiger partial charge in [0.05, 0.1) is 18.7 Å². The number of carbonyl (C=O) groups excluding carboxylic acids is 1. The van der Waals surface area contributed by atoms with Crippen molar-refractivity contribution in [3.8, 4) is 0 Å². The molecule has 3 rings (SSSR count). The minimum absolute atomic E-state index is 0.237. The summed E-state index contributed by atoms with van der Waals surface area (Å²) in [6, 6.07) is 9.85. The molecule has 192 valence electrons. The number of hydrogen-bond donors (Lipinski definition) is 2. The number of ketones is 1. The third kappa shape index (κ3) is 8.73. The zero-order chi connectivity index (χ0) is 25.8. The second-order valence-electron chi connectivity index (χ2n) is 7.91. The van der Waals surface area contributed by atoms with Gasteiger partial charge in [0.25, 0.3) is 0 Å². The fraction of sp³-hybridized carbons (Fsp3) is 0.333. The van der Waals surface area contributed by atoms with Crippen LogP contribution in [-0.4, -0.2) is 50.1 Å². The number of nitrogens with zero attached hydrogens (tertiary/aromatic N) is 5. The van der Waals surface area contributed by atoms with Gasteiger partial charge in [-0.15, -0.1) is 4.33 Å². The molecule has 2 aromatic heterocycles. The summed E-state index contributed by atoms with van der Waals surface area (Å²) in [6.45, 7) is 7.43. The molecular weight excluding hydrogens is 498 g/mol. The van der Waals surface area contributed by atoms with Gasteiger partial charge in [-0.2, -0.15) is 9.51 Å². The van der Waals surface area contributed by atoms with Crippen LogP contribution < -0.4 is 11.2 Å². The molecule has 0 fully saturated rings. The van der Waals surface area contributed by atoms with E-state index >= 15 is 0 Å². The molecule has 0 saturated carbocycles. The number of hydrogen-bond acceptors (Lipinski definition) is 11. The van der Waals surface area contributed by atoms with E-state index in [-0.39, 0.29) is 11.7 Å². The van der Waals surface area contributed by atoms with Gasteiger partial charge in [0.1, 0.15) is 30.1 Å². The zero-order valence-electron chi connectivity index (χ0n) is 20.4. The van der Waals surface area contributed by atoms with Gasteiger partial charge in [0.15, 0.2) is 0 Å². The molecule has 0 bridgehead atoms. The maximum absolute atomic E-state index is 13.2. The Labute approximate surface area is 219 Å². The number of benzene rings is 1. The monoisotopic (exact) mass is 529 g/mol. The number of nitrogens with two attached hydrogens (primary N) is 1. The summed E-state index contributed by atoms with van der Waals surface area (Å²) in [5, 5.41) is 9.54. The number of rotatable bonds is 16. The lowest BCUT2D eigenvalue weighted by molar-refractivity contribution is -0.204. The quantitative estimate of drug-likeness (QED) is 0.0403. The van der Waals surface area contributed by atoms with Crippen LogP contribution in [0.4, 0.5) is 5.82 Å². The van der Waals surface area contributed by atoms with Crippen LogP contribution in [0.1, 0.15) is 41.4 Å². The molecular formula is C24H31N7O3S2. The van der Waals surface area contributed by atoms with E-state index in [1.54, 1.807) is 41.2 Å². The fourth-order valence-electron chi connectivity index (χ4n) is 3.34. The van der Waals surface area contributed by atoms with Gasteiger partial charge >= 0.3 is 0 Å². The largest absolute Gasteiger partial charge is 0.369 e. The standard InChI is InChI=1S/C24H31N7O3S2/c1-4-18(16-33-34-36-30(3)25)9-11-27-24-21(14-26-17-28-24)23(32)22-10-12-31(29-22)15-19-7-6-8-20(13-19)35-5-2/h5-8,10,12-14,17-18H,2,4,9,11,15-16,25H2,1,3H3,(H,26,27,28). The maximum Gasteiger partial charge on any atom is 0.218 e. The van der Waals surface area contributed by atoms with E-state index in [0.29, 0.717) is 36.8 Å². The van der Waals surface area contributed by atoms with Crippen LogP contribution in [-0.2, 0) is 15.8 Å². The molecule has 1 aromatic carbocycles. The number of thioether (sulfide) groups is 1. The lowest BCUT2D eigenvalue weighted by Gasteiger charge is -2.16. The molecule has 3 N–H and O–H groups in total. The van der Waals surface area contributed by atoms with Gasteiger partial charge in [-0.25, -0.2) is 14.9 Å². The number of anilines is 1. The maximum atomic E-state index is 13.2. The third-order valence-corrected chi connectivity index (χ3v) is 6.30. The Morgan fingerprint density at radius 3 is 3.03 bits per heavy atom. The van der Waals surface area contributed by atoms with Crippen molar-refractivity contribution in [2.75, 3.05) is 25.5 Å². The molecule has 1 atom stereocenters. The molecule has 0 radical (unpaired) electrons.